The molecule has 0 bridgehead atoms. The van der Waals surface area contributed by atoms with Gasteiger partial charge in [-0.2, -0.15) is 0 Å². The van der Waals surface area contributed by atoms with E-state index in [1.54, 1.807) is 36.8 Å². The fraction of sp³-hybridized carbons (Fsp3) is 0.308. The molecule has 8 nitrogen and oxygen atoms in total. The van der Waals surface area contributed by atoms with Crippen molar-refractivity contribution in [2.75, 3.05) is 25.5 Å². The first-order valence-corrected chi connectivity index (χ1v) is 12.2. The number of benzene rings is 2. The molecule has 0 aliphatic rings. The number of methoxy groups -OCH3 is 1. The highest BCUT2D eigenvalue weighted by Gasteiger charge is 2.21. The van der Waals surface area contributed by atoms with Gasteiger partial charge in [0.05, 0.1) is 19.2 Å². The van der Waals surface area contributed by atoms with Gasteiger partial charge in [0.25, 0.3) is 5.91 Å². The monoisotopic (exact) mass is 494 g/mol. The molecular weight excluding hydrogens is 464 g/mol. The molecule has 35 heavy (non-hydrogen) atoms. The molecule has 3 amide bonds. The summed E-state index contributed by atoms with van der Waals surface area (Å²) in [6, 6.07) is 16.4. The fourth-order valence-corrected chi connectivity index (χ4v) is 4.10. The van der Waals surface area contributed by atoms with Gasteiger partial charge in [0.2, 0.25) is 11.8 Å². The molecule has 0 atom stereocenters. The summed E-state index contributed by atoms with van der Waals surface area (Å²) in [4.78, 5) is 43.8. The van der Waals surface area contributed by atoms with E-state index >= 15 is 0 Å². The lowest BCUT2D eigenvalue weighted by Crippen LogP contribution is -2.40. The zero-order chi connectivity index (χ0) is 25.2. The standard InChI is InChI=1S/C26H30N4O4S/c1-18(2)15-30(25(33)20-9-11-22(34-3)12-10-20)16-24(32)29-26-28-21(17-35-26)13-23(31)27-14-19-7-5-4-6-8-19/h4-12,17-18H,13-16H2,1-3H3,(H,27,31)(H,28,29,32). The number of carbonyl (C=O) groups excluding carboxylic acids is 3. The van der Waals surface area contributed by atoms with Crippen molar-refractivity contribution in [1.29, 1.82) is 0 Å². The number of amides is 3. The molecule has 3 rings (SSSR count). The van der Waals surface area contributed by atoms with Crippen LogP contribution in [0.1, 0.15) is 35.5 Å². The van der Waals surface area contributed by atoms with Gasteiger partial charge in [-0.1, -0.05) is 44.2 Å². The quantitative estimate of drug-likeness (QED) is 0.423. The number of thiazole rings is 1. The van der Waals surface area contributed by atoms with Crippen molar-refractivity contribution in [3.05, 3.63) is 76.8 Å². The maximum atomic E-state index is 13.0. The molecule has 0 fully saturated rings. The first-order valence-electron chi connectivity index (χ1n) is 11.3. The number of aromatic nitrogens is 1. The molecule has 1 heterocycles. The van der Waals surface area contributed by atoms with Gasteiger partial charge >= 0.3 is 0 Å². The van der Waals surface area contributed by atoms with Gasteiger partial charge in [0, 0.05) is 24.0 Å². The second-order valence-corrected chi connectivity index (χ2v) is 9.30. The number of carbonyl (C=O) groups is 3. The number of nitrogens with zero attached hydrogens (tertiary/aromatic N) is 2. The topological polar surface area (TPSA) is 101 Å². The first kappa shape index (κ1) is 25.9. The lowest BCUT2D eigenvalue weighted by molar-refractivity contribution is -0.120. The Labute approximate surface area is 209 Å². The summed E-state index contributed by atoms with van der Waals surface area (Å²) in [5, 5.41) is 7.74. The van der Waals surface area contributed by atoms with Crippen LogP contribution in [0.15, 0.2) is 60.0 Å². The zero-order valence-electron chi connectivity index (χ0n) is 20.1. The molecule has 1 aromatic heterocycles. The van der Waals surface area contributed by atoms with Crippen molar-refractivity contribution >= 4 is 34.2 Å². The van der Waals surface area contributed by atoms with Crippen molar-refractivity contribution in [3.63, 3.8) is 0 Å². The van der Waals surface area contributed by atoms with E-state index in [2.05, 4.69) is 15.6 Å². The van der Waals surface area contributed by atoms with E-state index < -0.39 is 0 Å². The van der Waals surface area contributed by atoms with Crippen LogP contribution in [0.5, 0.6) is 5.75 Å². The molecular formula is C26H30N4O4S. The van der Waals surface area contributed by atoms with E-state index in [4.69, 9.17) is 4.74 Å². The van der Waals surface area contributed by atoms with E-state index in [-0.39, 0.29) is 36.6 Å². The van der Waals surface area contributed by atoms with Gasteiger partial charge in [-0.15, -0.1) is 11.3 Å². The third-order valence-electron chi connectivity index (χ3n) is 5.02. The van der Waals surface area contributed by atoms with Crippen molar-refractivity contribution in [1.82, 2.24) is 15.2 Å². The summed E-state index contributed by atoms with van der Waals surface area (Å²) in [6.45, 7) is 4.75. The van der Waals surface area contributed by atoms with Crippen molar-refractivity contribution in [2.45, 2.75) is 26.8 Å². The number of anilines is 1. The Kier molecular flexibility index (Phi) is 9.37. The second-order valence-electron chi connectivity index (χ2n) is 8.44. The molecule has 0 unspecified atom stereocenters. The minimum absolute atomic E-state index is 0.102. The van der Waals surface area contributed by atoms with E-state index in [0.717, 1.165) is 5.56 Å². The van der Waals surface area contributed by atoms with Crippen molar-refractivity contribution < 1.29 is 19.1 Å². The van der Waals surface area contributed by atoms with Crippen LogP contribution in [0, 0.1) is 5.92 Å². The molecule has 2 N–H and O–H groups in total. The van der Waals surface area contributed by atoms with E-state index in [1.807, 2.05) is 44.2 Å². The largest absolute Gasteiger partial charge is 0.497 e. The maximum absolute atomic E-state index is 13.0. The molecule has 184 valence electrons. The van der Waals surface area contributed by atoms with Crippen LogP contribution in [-0.2, 0) is 22.6 Å². The molecule has 0 saturated carbocycles. The average molecular weight is 495 g/mol. The summed E-state index contributed by atoms with van der Waals surface area (Å²) in [5.41, 5.74) is 2.07. The minimum Gasteiger partial charge on any atom is -0.497 e. The normalized spacial score (nSPS) is 10.6. The number of nitrogens with one attached hydrogen (secondary N) is 2. The lowest BCUT2D eigenvalue weighted by Gasteiger charge is -2.24. The Morgan fingerprint density at radius 3 is 2.40 bits per heavy atom. The van der Waals surface area contributed by atoms with Crippen LogP contribution in [0.4, 0.5) is 5.13 Å². The molecule has 2 aromatic carbocycles. The molecule has 9 heteroatoms. The zero-order valence-corrected chi connectivity index (χ0v) is 20.9. The highest BCUT2D eigenvalue weighted by atomic mass is 32.1. The van der Waals surface area contributed by atoms with Crippen LogP contribution in [0.3, 0.4) is 0 Å². The van der Waals surface area contributed by atoms with Crippen LogP contribution < -0.4 is 15.4 Å². The Morgan fingerprint density at radius 2 is 1.74 bits per heavy atom. The third kappa shape index (κ3) is 8.22. The van der Waals surface area contributed by atoms with Gasteiger partial charge < -0.3 is 20.3 Å². The van der Waals surface area contributed by atoms with Gasteiger partial charge in [0.1, 0.15) is 12.3 Å². The summed E-state index contributed by atoms with van der Waals surface area (Å²) in [7, 11) is 1.56. The number of ether oxygens (including phenoxy) is 1. The minimum atomic E-state index is -0.345. The SMILES string of the molecule is COc1ccc(C(=O)N(CC(=O)Nc2nc(CC(=O)NCc3ccccc3)cs2)CC(C)C)cc1. The Morgan fingerprint density at radius 1 is 1.03 bits per heavy atom. The van der Waals surface area contributed by atoms with E-state index in [1.165, 1.54) is 16.2 Å². The maximum Gasteiger partial charge on any atom is 0.254 e. The lowest BCUT2D eigenvalue weighted by atomic mass is 10.1. The Hall–Kier alpha value is -3.72. The van der Waals surface area contributed by atoms with E-state index in [9.17, 15) is 14.4 Å². The van der Waals surface area contributed by atoms with Crippen molar-refractivity contribution in [2.24, 2.45) is 5.92 Å². The van der Waals surface area contributed by atoms with Crippen LogP contribution >= 0.6 is 11.3 Å². The molecule has 0 radical (unpaired) electrons. The summed E-state index contributed by atoms with van der Waals surface area (Å²) in [6.07, 6.45) is 0.120. The Balaban J connectivity index is 1.54. The fourth-order valence-electron chi connectivity index (χ4n) is 3.38. The average Bonchev–Trinajstić information content (AvgIpc) is 3.28. The number of rotatable bonds is 11. The molecule has 0 aliphatic carbocycles. The number of hydrogen-bond donors (Lipinski definition) is 2. The predicted octanol–water partition coefficient (Wildman–Crippen LogP) is 3.75. The van der Waals surface area contributed by atoms with Gasteiger partial charge in [-0.05, 0) is 35.7 Å². The van der Waals surface area contributed by atoms with Gasteiger partial charge in [-0.25, -0.2) is 4.98 Å². The van der Waals surface area contributed by atoms with Gasteiger partial charge in [0.15, 0.2) is 5.13 Å². The van der Waals surface area contributed by atoms with Gasteiger partial charge in [-0.3, -0.25) is 14.4 Å². The summed E-state index contributed by atoms with van der Waals surface area (Å²) < 4.78 is 5.14. The first-order chi connectivity index (χ1) is 16.8. The third-order valence-corrected chi connectivity index (χ3v) is 5.82. The van der Waals surface area contributed by atoms with Crippen molar-refractivity contribution in [3.8, 4) is 5.75 Å². The molecule has 0 aliphatic heterocycles. The molecule has 3 aromatic rings. The molecule has 0 spiro atoms. The summed E-state index contributed by atoms with van der Waals surface area (Å²) >= 11 is 1.24. The second kappa shape index (κ2) is 12.7. The highest BCUT2D eigenvalue weighted by Crippen LogP contribution is 2.17. The smallest absolute Gasteiger partial charge is 0.254 e. The van der Waals surface area contributed by atoms with Crippen LogP contribution in [0.2, 0.25) is 0 Å². The highest BCUT2D eigenvalue weighted by molar-refractivity contribution is 7.13. The number of hydrogen-bond acceptors (Lipinski definition) is 6. The molecule has 0 saturated heterocycles. The van der Waals surface area contributed by atoms with E-state index in [0.29, 0.717) is 35.2 Å². The predicted molar refractivity (Wildman–Crippen MR) is 136 cm³/mol. The Bertz CT molecular complexity index is 1130. The van der Waals surface area contributed by atoms with Crippen LogP contribution in [-0.4, -0.2) is 47.8 Å². The van der Waals surface area contributed by atoms with Crippen LogP contribution in [0.25, 0.3) is 0 Å². The summed E-state index contributed by atoms with van der Waals surface area (Å²) in [5.74, 6) is 0.118.